The van der Waals surface area contributed by atoms with Gasteiger partial charge in [0.2, 0.25) is 0 Å². The molecule has 0 unspecified atom stereocenters. The molecule has 1 N–H and O–H groups in total. The average molecular weight is 243 g/mol. The van der Waals surface area contributed by atoms with E-state index in [0.717, 1.165) is 25.2 Å². The van der Waals surface area contributed by atoms with Crippen molar-refractivity contribution in [2.45, 2.75) is 26.8 Å². The van der Waals surface area contributed by atoms with E-state index in [-0.39, 0.29) is 0 Å². The van der Waals surface area contributed by atoms with Crippen LogP contribution < -0.4 is 5.32 Å². The predicted molar refractivity (Wildman–Crippen MR) is 74.5 cm³/mol. The van der Waals surface area contributed by atoms with Gasteiger partial charge in [-0.3, -0.25) is 4.68 Å². The number of hydrogen-bond acceptors (Lipinski definition) is 2. The minimum absolute atomic E-state index is 0.936. The molecule has 18 heavy (non-hydrogen) atoms. The first kappa shape index (κ1) is 12.8. The molecule has 0 atom stereocenters. The number of rotatable bonds is 5. The summed E-state index contributed by atoms with van der Waals surface area (Å²) in [6.07, 6.45) is 2.96. The topological polar surface area (TPSA) is 29.9 Å². The summed E-state index contributed by atoms with van der Waals surface area (Å²) in [6.45, 7) is 6.24. The van der Waals surface area contributed by atoms with Crippen LogP contribution in [0.15, 0.2) is 30.5 Å². The van der Waals surface area contributed by atoms with Gasteiger partial charge in [-0.05, 0) is 36.6 Å². The molecule has 1 heterocycles. The fourth-order valence-electron chi connectivity index (χ4n) is 2.15. The van der Waals surface area contributed by atoms with Crippen molar-refractivity contribution in [2.24, 2.45) is 7.05 Å². The second kappa shape index (κ2) is 5.83. The fourth-order valence-corrected chi connectivity index (χ4v) is 2.15. The maximum atomic E-state index is 4.37. The number of benzene rings is 1. The van der Waals surface area contributed by atoms with Gasteiger partial charge in [0.1, 0.15) is 0 Å². The third-order valence-electron chi connectivity index (χ3n) is 3.27. The highest BCUT2D eigenvalue weighted by molar-refractivity contribution is 5.33. The van der Waals surface area contributed by atoms with Crippen molar-refractivity contribution in [1.29, 1.82) is 0 Å². The first-order chi connectivity index (χ1) is 8.66. The normalized spacial score (nSPS) is 10.8. The lowest BCUT2D eigenvalue weighted by Crippen LogP contribution is -2.18. The molecule has 0 aliphatic heterocycles. The van der Waals surface area contributed by atoms with Gasteiger partial charge in [-0.2, -0.15) is 5.10 Å². The standard InChI is InChI=1S/C15H21N3/c1-12-5-4-6-13(2)15(12)11-16-9-7-14-8-10-18(3)17-14/h4-6,8,10,16H,7,9,11H2,1-3H3. The minimum Gasteiger partial charge on any atom is -0.312 e. The van der Waals surface area contributed by atoms with Crippen LogP contribution in [0.3, 0.4) is 0 Å². The van der Waals surface area contributed by atoms with Gasteiger partial charge in [-0.15, -0.1) is 0 Å². The lowest BCUT2D eigenvalue weighted by molar-refractivity contribution is 0.662. The number of nitrogens with one attached hydrogen (secondary N) is 1. The summed E-state index contributed by atoms with van der Waals surface area (Å²) in [5.41, 5.74) is 5.28. The van der Waals surface area contributed by atoms with Crippen molar-refractivity contribution < 1.29 is 0 Å². The van der Waals surface area contributed by atoms with E-state index >= 15 is 0 Å². The number of aryl methyl sites for hydroxylation is 3. The molecule has 3 nitrogen and oxygen atoms in total. The second-order valence-electron chi connectivity index (χ2n) is 4.78. The van der Waals surface area contributed by atoms with E-state index in [9.17, 15) is 0 Å². The van der Waals surface area contributed by atoms with Crippen LogP contribution in [0.5, 0.6) is 0 Å². The molecular formula is C15H21N3. The lowest BCUT2D eigenvalue weighted by Gasteiger charge is -2.10. The maximum Gasteiger partial charge on any atom is 0.0637 e. The highest BCUT2D eigenvalue weighted by atomic mass is 15.2. The summed E-state index contributed by atoms with van der Waals surface area (Å²) < 4.78 is 1.85. The Balaban J connectivity index is 1.82. The molecule has 0 saturated heterocycles. The number of aromatic nitrogens is 2. The van der Waals surface area contributed by atoms with Crippen LogP contribution in [-0.2, 0) is 20.0 Å². The molecule has 0 aliphatic carbocycles. The number of nitrogens with zero attached hydrogens (tertiary/aromatic N) is 2. The van der Waals surface area contributed by atoms with Crippen LogP contribution in [0.2, 0.25) is 0 Å². The number of hydrogen-bond donors (Lipinski definition) is 1. The van der Waals surface area contributed by atoms with Crippen LogP contribution in [0.1, 0.15) is 22.4 Å². The van der Waals surface area contributed by atoms with Crippen LogP contribution in [0, 0.1) is 13.8 Å². The van der Waals surface area contributed by atoms with Gasteiger partial charge < -0.3 is 5.32 Å². The quantitative estimate of drug-likeness (QED) is 0.817. The first-order valence-electron chi connectivity index (χ1n) is 6.41. The Morgan fingerprint density at radius 1 is 1.17 bits per heavy atom. The van der Waals surface area contributed by atoms with Crippen molar-refractivity contribution in [3.63, 3.8) is 0 Å². The molecule has 96 valence electrons. The Morgan fingerprint density at radius 3 is 2.50 bits per heavy atom. The summed E-state index contributed by atoms with van der Waals surface area (Å²) in [4.78, 5) is 0. The Bertz CT molecular complexity index is 494. The van der Waals surface area contributed by atoms with E-state index in [1.54, 1.807) is 0 Å². The summed E-state index contributed by atoms with van der Waals surface area (Å²) in [7, 11) is 1.95. The fraction of sp³-hybridized carbons (Fsp3) is 0.400. The van der Waals surface area contributed by atoms with Crippen molar-refractivity contribution in [1.82, 2.24) is 15.1 Å². The van der Waals surface area contributed by atoms with Gasteiger partial charge in [-0.25, -0.2) is 0 Å². The highest BCUT2D eigenvalue weighted by Gasteiger charge is 2.01. The predicted octanol–water partition coefficient (Wildman–Crippen LogP) is 2.37. The smallest absolute Gasteiger partial charge is 0.0637 e. The van der Waals surface area contributed by atoms with Crippen LogP contribution >= 0.6 is 0 Å². The zero-order chi connectivity index (χ0) is 13.0. The summed E-state index contributed by atoms with van der Waals surface area (Å²) in [6, 6.07) is 8.52. The zero-order valence-corrected chi connectivity index (χ0v) is 11.4. The van der Waals surface area contributed by atoms with E-state index < -0.39 is 0 Å². The van der Waals surface area contributed by atoms with E-state index in [1.807, 2.05) is 17.9 Å². The van der Waals surface area contributed by atoms with E-state index in [1.165, 1.54) is 16.7 Å². The molecule has 0 fully saturated rings. The SMILES string of the molecule is Cc1cccc(C)c1CNCCc1ccn(C)n1. The van der Waals surface area contributed by atoms with E-state index in [0.29, 0.717) is 0 Å². The Hall–Kier alpha value is -1.61. The van der Waals surface area contributed by atoms with E-state index in [4.69, 9.17) is 0 Å². The second-order valence-corrected chi connectivity index (χ2v) is 4.78. The monoisotopic (exact) mass is 243 g/mol. The van der Waals surface area contributed by atoms with Crippen molar-refractivity contribution in [3.8, 4) is 0 Å². The minimum atomic E-state index is 0.936. The van der Waals surface area contributed by atoms with E-state index in [2.05, 4.69) is 48.5 Å². The van der Waals surface area contributed by atoms with Gasteiger partial charge in [-0.1, -0.05) is 18.2 Å². The first-order valence-corrected chi connectivity index (χ1v) is 6.41. The average Bonchev–Trinajstić information content (AvgIpc) is 2.73. The molecular weight excluding hydrogens is 222 g/mol. The van der Waals surface area contributed by atoms with Crippen LogP contribution in [0.4, 0.5) is 0 Å². The summed E-state index contributed by atoms with van der Waals surface area (Å²) in [5, 5.41) is 7.86. The van der Waals surface area contributed by atoms with Gasteiger partial charge in [0.05, 0.1) is 5.69 Å². The molecule has 0 amide bonds. The van der Waals surface area contributed by atoms with Crippen LogP contribution in [0.25, 0.3) is 0 Å². The molecule has 2 aromatic rings. The third kappa shape index (κ3) is 3.20. The molecule has 2 rings (SSSR count). The molecule has 1 aromatic carbocycles. The molecule has 0 aliphatic rings. The lowest BCUT2D eigenvalue weighted by atomic mass is 10.0. The van der Waals surface area contributed by atoms with Crippen LogP contribution in [-0.4, -0.2) is 16.3 Å². The van der Waals surface area contributed by atoms with Crippen molar-refractivity contribution in [2.75, 3.05) is 6.54 Å². The Morgan fingerprint density at radius 2 is 1.89 bits per heavy atom. The van der Waals surface area contributed by atoms with Crippen molar-refractivity contribution in [3.05, 3.63) is 52.8 Å². The molecule has 0 bridgehead atoms. The summed E-state index contributed by atoms with van der Waals surface area (Å²) in [5.74, 6) is 0. The summed E-state index contributed by atoms with van der Waals surface area (Å²) >= 11 is 0. The molecule has 3 heteroatoms. The maximum absolute atomic E-state index is 4.37. The molecule has 0 saturated carbocycles. The van der Waals surface area contributed by atoms with Gasteiger partial charge in [0.25, 0.3) is 0 Å². The molecule has 0 radical (unpaired) electrons. The van der Waals surface area contributed by atoms with Gasteiger partial charge in [0, 0.05) is 32.8 Å². The largest absolute Gasteiger partial charge is 0.312 e. The Kier molecular flexibility index (Phi) is 4.15. The molecule has 1 aromatic heterocycles. The third-order valence-corrected chi connectivity index (χ3v) is 3.27. The Labute approximate surface area is 109 Å². The zero-order valence-electron chi connectivity index (χ0n) is 11.4. The highest BCUT2D eigenvalue weighted by Crippen LogP contribution is 2.12. The van der Waals surface area contributed by atoms with Crippen molar-refractivity contribution >= 4 is 0 Å². The van der Waals surface area contributed by atoms with Gasteiger partial charge >= 0.3 is 0 Å². The van der Waals surface area contributed by atoms with Gasteiger partial charge in [0.15, 0.2) is 0 Å². The molecule has 0 spiro atoms.